The van der Waals surface area contributed by atoms with Crippen molar-refractivity contribution in [1.29, 1.82) is 0 Å². The number of carbonyl (C=O) groups excluding carboxylic acids is 2. The highest BCUT2D eigenvalue weighted by molar-refractivity contribution is 6.46. The van der Waals surface area contributed by atoms with Crippen LogP contribution >= 0.6 is 0 Å². The molecule has 0 spiro atoms. The Balaban J connectivity index is 2.12. The van der Waals surface area contributed by atoms with Crippen LogP contribution in [0.3, 0.4) is 0 Å². The van der Waals surface area contributed by atoms with Gasteiger partial charge in [0.15, 0.2) is 0 Å². The first-order chi connectivity index (χ1) is 11.9. The summed E-state index contributed by atoms with van der Waals surface area (Å²) in [4.78, 5) is 25.8. The second kappa shape index (κ2) is 6.39. The first kappa shape index (κ1) is 16.7. The Bertz CT molecular complexity index is 856. The third-order valence-corrected chi connectivity index (χ3v) is 4.22. The number of likely N-dealkylation sites (N-methyl/N-ethyl adjacent to an activating group) is 1. The smallest absolute Gasteiger partial charge is 0.295 e. The maximum Gasteiger partial charge on any atom is 0.295 e. The van der Waals surface area contributed by atoms with Crippen molar-refractivity contribution in [3.05, 3.63) is 71.0 Å². The molecule has 1 aliphatic heterocycles. The summed E-state index contributed by atoms with van der Waals surface area (Å²) in [6.45, 7) is 0. The quantitative estimate of drug-likeness (QED) is 0.530. The van der Waals surface area contributed by atoms with Crippen molar-refractivity contribution in [2.45, 2.75) is 6.04 Å². The van der Waals surface area contributed by atoms with E-state index in [4.69, 9.17) is 4.74 Å². The molecular formula is C19H16FNO4. The number of ketones is 1. The third kappa shape index (κ3) is 2.87. The molecule has 1 N–H and O–H groups in total. The summed E-state index contributed by atoms with van der Waals surface area (Å²) in [6, 6.07) is 11.2. The van der Waals surface area contributed by atoms with E-state index in [1.54, 1.807) is 24.3 Å². The second-order valence-corrected chi connectivity index (χ2v) is 5.69. The fraction of sp³-hybridized carbons (Fsp3) is 0.158. The molecule has 128 valence electrons. The van der Waals surface area contributed by atoms with Gasteiger partial charge in [-0.2, -0.15) is 0 Å². The molecule has 6 heteroatoms. The fourth-order valence-electron chi connectivity index (χ4n) is 2.89. The van der Waals surface area contributed by atoms with E-state index >= 15 is 0 Å². The number of Topliss-reactive ketones (excluding diaryl/α,β-unsaturated/α-hetero) is 1. The molecule has 0 bridgehead atoms. The first-order valence-electron chi connectivity index (χ1n) is 7.58. The number of halogens is 1. The summed E-state index contributed by atoms with van der Waals surface area (Å²) in [7, 11) is 2.99. The zero-order chi connectivity index (χ0) is 18.1. The Morgan fingerprint density at radius 1 is 1.08 bits per heavy atom. The van der Waals surface area contributed by atoms with Crippen molar-refractivity contribution in [2.24, 2.45) is 0 Å². The lowest BCUT2D eigenvalue weighted by molar-refractivity contribution is -0.139. The highest BCUT2D eigenvalue weighted by Gasteiger charge is 2.44. The third-order valence-electron chi connectivity index (χ3n) is 4.22. The number of hydrogen-bond acceptors (Lipinski definition) is 4. The van der Waals surface area contributed by atoms with Gasteiger partial charge in [0.1, 0.15) is 17.3 Å². The Hall–Kier alpha value is -3.15. The molecule has 1 atom stereocenters. The number of nitrogens with zero attached hydrogens (tertiary/aromatic N) is 1. The summed E-state index contributed by atoms with van der Waals surface area (Å²) in [6.07, 6.45) is 0. The molecule has 1 aliphatic rings. The zero-order valence-electron chi connectivity index (χ0n) is 13.7. The molecule has 1 amide bonds. The van der Waals surface area contributed by atoms with E-state index in [9.17, 15) is 19.1 Å². The first-order valence-corrected chi connectivity index (χ1v) is 7.58. The molecule has 0 aliphatic carbocycles. The number of benzene rings is 2. The van der Waals surface area contributed by atoms with Crippen molar-refractivity contribution in [3.63, 3.8) is 0 Å². The van der Waals surface area contributed by atoms with Crippen LogP contribution in [0, 0.1) is 5.82 Å². The number of likely N-dealkylation sites (tertiary alicyclic amines) is 1. The summed E-state index contributed by atoms with van der Waals surface area (Å²) in [5.74, 6) is -1.59. The van der Waals surface area contributed by atoms with Gasteiger partial charge in [0.2, 0.25) is 0 Å². The standard InChI is InChI=1S/C19H16FNO4/c1-21-16(11-3-7-13(20)8-4-11)15(18(23)19(21)24)17(22)12-5-9-14(25-2)10-6-12/h3-10,16,22H,1-2H3/t16-/m0/s1. The average Bonchev–Trinajstić information content (AvgIpc) is 2.86. The predicted octanol–water partition coefficient (Wildman–Crippen LogP) is 2.89. The van der Waals surface area contributed by atoms with Gasteiger partial charge in [-0.05, 0) is 42.0 Å². The number of aliphatic hydroxyl groups excluding tert-OH is 1. The van der Waals surface area contributed by atoms with Crippen molar-refractivity contribution >= 4 is 17.4 Å². The van der Waals surface area contributed by atoms with Gasteiger partial charge in [0.25, 0.3) is 11.7 Å². The molecule has 0 aromatic heterocycles. The van der Waals surface area contributed by atoms with Crippen LogP contribution in [-0.2, 0) is 9.59 Å². The van der Waals surface area contributed by atoms with Crippen molar-refractivity contribution in [3.8, 4) is 5.75 Å². The van der Waals surface area contributed by atoms with Crippen molar-refractivity contribution in [1.82, 2.24) is 4.90 Å². The molecule has 5 nitrogen and oxygen atoms in total. The minimum atomic E-state index is -0.775. The Morgan fingerprint density at radius 3 is 2.24 bits per heavy atom. The number of aliphatic hydroxyl groups is 1. The molecule has 1 heterocycles. The number of rotatable bonds is 3. The molecule has 2 aromatic carbocycles. The largest absolute Gasteiger partial charge is 0.507 e. The van der Waals surface area contributed by atoms with Gasteiger partial charge in [-0.25, -0.2) is 4.39 Å². The minimum Gasteiger partial charge on any atom is -0.507 e. The van der Waals surface area contributed by atoms with E-state index in [-0.39, 0.29) is 11.3 Å². The van der Waals surface area contributed by atoms with Gasteiger partial charge >= 0.3 is 0 Å². The maximum atomic E-state index is 13.2. The molecule has 1 fully saturated rings. The van der Waals surface area contributed by atoms with Crippen LogP contribution in [0.1, 0.15) is 17.2 Å². The monoisotopic (exact) mass is 341 g/mol. The van der Waals surface area contributed by atoms with E-state index in [1.165, 1.54) is 43.3 Å². The van der Waals surface area contributed by atoms with Gasteiger partial charge in [0.05, 0.1) is 18.7 Å². The number of hydrogen-bond donors (Lipinski definition) is 1. The molecule has 0 saturated carbocycles. The van der Waals surface area contributed by atoms with Crippen LogP contribution in [0.2, 0.25) is 0 Å². The Labute approximate surface area is 144 Å². The number of carbonyl (C=O) groups is 2. The van der Waals surface area contributed by atoms with Crippen LogP contribution in [0.25, 0.3) is 5.76 Å². The van der Waals surface area contributed by atoms with Crippen LogP contribution in [0.5, 0.6) is 5.75 Å². The molecule has 0 unspecified atom stereocenters. The van der Waals surface area contributed by atoms with E-state index in [0.717, 1.165) is 0 Å². The topological polar surface area (TPSA) is 66.8 Å². The van der Waals surface area contributed by atoms with Crippen LogP contribution < -0.4 is 4.74 Å². The SMILES string of the molecule is COc1ccc(C(O)=C2C(=O)C(=O)N(C)[C@H]2c2ccc(F)cc2)cc1. The van der Waals surface area contributed by atoms with Crippen LogP contribution in [0.4, 0.5) is 4.39 Å². The predicted molar refractivity (Wildman–Crippen MR) is 89.5 cm³/mol. The van der Waals surface area contributed by atoms with E-state index in [0.29, 0.717) is 16.9 Å². The van der Waals surface area contributed by atoms with E-state index in [1.807, 2.05) is 0 Å². The van der Waals surface area contributed by atoms with Crippen LogP contribution in [0.15, 0.2) is 54.1 Å². The number of ether oxygens (including phenoxy) is 1. The molecular weight excluding hydrogens is 325 g/mol. The Morgan fingerprint density at radius 2 is 1.68 bits per heavy atom. The van der Waals surface area contributed by atoms with Gasteiger partial charge < -0.3 is 14.7 Å². The summed E-state index contributed by atoms with van der Waals surface area (Å²) < 4.78 is 18.3. The summed E-state index contributed by atoms with van der Waals surface area (Å²) in [5.41, 5.74) is 0.904. The maximum absolute atomic E-state index is 13.2. The number of amides is 1. The highest BCUT2D eigenvalue weighted by Crippen LogP contribution is 2.38. The van der Waals surface area contributed by atoms with Crippen molar-refractivity contribution < 1.29 is 23.8 Å². The van der Waals surface area contributed by atoms with Gasteiger partial charge in [0, 0.05) is 12.6 Å². The minimum absolute atomic E-state index is 0.0238. The molecule has 2 aromatic rings. The lowest BCUT2D eigenvalue weighted by atomic mass is 9.95. The molecule has 1 saturated heterocycles. The van der Waals surface area contributed by atoms with E-state index < -0.39 is 23.5 Å². The van der Waals surface area contributed by atoms with Crippen LogP contribution in [-0.4, -0.2) is 35.9 Å². The van der Waals surface area contributed by atoms with Gasteiger partial charge in [-0.3, -0.25) is 9.59 Å². The Kier molecular flexibility index (Phi) is 4.27. The van der Waals surface area contributed by atoms with Gasteiger partial charge in [-0.1, -0.05) is 12.1 Å². The lowest BCUT2D eigenvalue weighted by Crippen LogP contribution is -2.24. The molecule has 3 rings (SSSR count). The average molecular weight is 341 g/mol. The highest BCUT2D eigenvalue weighted by atomic mass is 19.1. The van der Waals surface area contributed by atoms with Crippen molar-refractivity contribution in [2.75, 3.05) is 14.2 Å². The molecule has 0 radical (unpaired) electrons. The second-order valence-electron chi connectivity index (χ2n) is 5.69. The summed E-state index contributed by atoms with van der Waals surface area (Å²) >= 11 is 0. The lowest BCUT2D eigenvalue weighted by Gasteiger charge is -2.21. The summed E-state index contributed by atoms with van der Waals surface area (Å²) in [5, 5.41) is 10.6. The zero-order valence-corrected chi connectivity index (χ0v) is 13.7. The fourth-order valence-corrected chi connectivity index (χ4v) is 2.89. The number of methoxy groups -OCH3 is 1. The van der Waals surface area contributed by atoms with E-state index in [2.05, 4.69) is 0 Å². The normalized spacial score (nSPS) is 19.3. The van der Waals surface area contributed by atoms with Gasteiger partial charge in [-0.15, -0.1) is 0 Å². The molecule has 25 heavy (non-hydrogen) atoms.